The average Bonchev–Trinajstić information content (AvgIpc) is 2.46. The van der Waals surface area contributed by atoms with Gasteiger partial charge in [-0.25, -0.2) is 9.38 Å². The molecule has 0 atom stereocenters. The summed E-state index contributed by atoms with van der Waals surface area (Å²) in [6, 6.07) is 1.39. The first-order valence-corrected chi connectivity index (χ1v) is 5.28. The van der Waals surface area contributed by atoms with Crippen molar-refractivity contribution in [3.63, 3.8) is 0 Å². The van der Waals surface area contributed by atoms with Crippen molar-refractivity contribution < 1.29 is 0 Å². The van der Waals surface area contributed by atoms with Crippen LogP contribution < -0.4 is 11.3 Å². The van der Waals surface area contributed by atoms with Crippen molar-refractivity contribution in [2.75, 3.05) is 6.54 Å². The average molecular weight is 230 g/mol. The minimum atomic E-state index is -0.153. The first-order valence-electron chi connectivity index (χ1n) is 4.09. The van der Waals surface area contributed by atoms with Gasteiger partial charge in [0, 0.05) is 17.1 Å². The summed E-state index contributed by atoms with van der Waals surface area (Å²) in [6.07, 6.45) is 2.16. The molecule has 0 saturated heterocycles. The zero-order valence-corrected chi connectivity index (χ0v) is 8.81. The van der Waals surface area contributed by atoms with Gasteiger partial charge in [0.2, 0.25) is 0 Å². The lowest BCUT2D eigenvalue weighted by Crippen LogP contribution is -2.11. The van der Waals surface area contributed by atoms with E-state index in [-0.39, 0.29) is 5.56 Å². The van der Waals surface area contributed by atoms with Crippen molar-refractivity contribution >= 4 is 27.9 Å². The molecule has 0 aromatic carbocycles. The van der Waals surface area contributed by atoms with Crippen LogP contribution in [0.1, 0.15) is 4.88 Å². The van der Waals surface area contributed by atoms with Gasteiger partial charge in [-0.3, -0.25) is 4.79 Å². The molecule has 2 heterocycles. The molecule has 2 N–H and O–H groups in total. The normalized spacial score (nSPS) is 11.0. The van der Waals surface area contributed by atoms with Crippen LogP contribution in [0.25, 0.3) is 4.96 Å². The predicted molar refractivity (Wildman–Crippen MR) is 57.1 cm³/mol. The largest absolute Gasteiger partial charge is 0.330 e. The Hall–Kier alpha value is -0.910. The zero-order chi connectivity index (χ0) is 10.1. The zero-order valence-electron chi connectivity index (χ0n) is 7.24. The van der Waals surface area contributed by atoms with E-state index >= 15 is 0 Å². The van der Waals surface area contributed by atoms with E-state index in [9.17, 15) is 4.79 Å². The van der Waals surface area contributed by atoms with Crippen LogP contribution in [0.15, 0.2) is 17.1 Å². The minimum Gasteiger partial charge on any atom is -0.330 e. The SMILES string of the molecule is NCCc1sc2nccc(=O)n2c1Cl. The van der Waals surface area contributed by atoms with E-state index in [1.165, 1.54) is 28.0 Å². The van der Waals surface area contributed by atoms with Gasteiger partial charge >= 0.3 is 0 Å². The molecule has 14 heavy (non-hydrogen) atoms. The quantitative estimate of drug-likeness (QED) is 0.833. The number of halogens is 1. The Bertz CT molecular complexity index is 519. The fraction of sp³-hybridized carbons (Fsp3) is 0.250. The Balaban J connectivity index is 2.74. The second-order valence-electron chi connectivity index (χ2n) is 2.76. The summed E-state index contributed by atoms with van der Waals surface area (Å²) in [7, 11) is 0. The molecule has 0 aliphatic carbocycles. The van der Waals surface area contributed by atoms with Gasteiger partial charge in [0.05, 0.1) is 0 Å². The van der Waals surface area contributed by atoms with Gasteiger partial charge in [-0.1, -0.05) is 22.9 Å². The van der Waals surface area contributed by atoms with Crippen LogP contribution in [0.4, 0.5) is 0 Å². The van der Waals surface area contributed by atoms with E-state index in [2.05, 4.69) is 4.98 Å². The van der Waals surface area contributed by atoms with E-state index in [1.54, 1.807) is 0 Å². The highest BCUT2D eigenvalue weighted by molar-refractivity contribution is 7.17. The summed E-state index contributed by atoms with van der Waals surface area (Å²) in [5.74, 6) is 0. The van der Waals surface area contributed by atoms with Crippen LogP contribution in [0, 0.1) is 0 Å². The minimum absolute atomic E-state index is 0.153. The molecule has 2 aromatic rings. The van der Waals surface area contributed by atoms with Crippen LogP contribution in [0.3, 0.4) is 0 Å². The van der Waals surface area contributed by atoms with Crippen molar-refractivity contribution in [1.29, 1.82) is 0 Å². The van der Waals surface area contributed by atoms with Crippen molar-refractivity contribution in [3.8, 4) is 0 Å². The first-order chi connectivity index (χ1) is 6.74. The number of hydrogen-bond donors (Lipinski definition) is 1. The maximum Gasteiger partial charge on any atom is 0.259 e. The van der Waals surface area contributed by atoms with Crippen molar-refractivity contribution in [2.24, 2.45) is 5.73 Å². The summed E-state index contributed by atoms with van der Waals surface area (Å²) < 4.78 is 1.40. The summed E-state index contributed by atoms with van der Waals surface area (Å²) in [4.78, 5) is 17.0. The molecular weight excluding hydrogens is 222 g/mol. The van der Waals surface area contributed by atoms with Gasteiger partial charge in [0.15, 0.2) is 4.96 Å². The van der Waals surface area contributed by atoms with Crippen LogP contribution >= 0.6 is 22.9 Å². The Morgan fingerprint density at radius 2 is 2.43 bits per heavy atom. The second-order valence-corrected chi connectivity index (χ2v) is 4.18. The molecule has 0 saturated carbocycles. The molecule has 0 spiro atoms. The van der Waals surface area contributed by atoms with Crippen LogP contribution in [-0.2, 0) is 6.42 Å². The highest BCUT2D eigenvalue weighted by Gasteiger charge is 2.10. The van der Waals surface area contributed by atoms with Gasteiger partial charge in [-0.05, 0) is 13.0 Å². The third-order valence-electron chi connectivity index (χ3n) is 1.83. The molecule has 2 rings (SSSR count). The summed E-state index contributed by atoms with van der Waals surface area (Å²) >= 11 is 7.42. The summed E-state index contributed by atoms with van der Waals surface area (Å²) in [5.41, 5.74) is 5.28. The van der Waals surface area contributed by atoms with Gasteiger partial charge in [-0.2, -0.15) is 0 Å². The molecule has 0 unspecified atom stereocenters. The standard InChI is InChI=1S/C8H8ClN3OS/c9-7-5(1-3-10)14-8-11-4-2-6(13)12(7)8/h2,4H,1,3,10H2. The number of aromatic nitrogens is 2. The molecule has 0 fully saturated rings. The van der Waals surface area contributed by atoms with Gasteiger partial charge in [-0.15, -0.1) is 0 Å². The fourth-order valence-corrected chi connectivity index (χ4v) is 2.63. The molecule has 0 bridgehead atoms. The summed E-state index contributed by atoms with van der Waals surface area (Å²) in [6.45, 7) is 0.515. The first kappa shape index (κ1) is 9.64. The molecular formula is C8H8ClN3OS. The fourth-order valence-electron chi connectivity index (χ4n) is 1.21. The topological polar surface area (TPSA) is 60.4 Å². The van der Waals surface area contributed by atoms with Crippen molar-refractivity contribution in [3.05, 3.63) is 32.6 Å². The van der Waals surface area contributed by atoms with E-state index in [0.717, 1.165) is 4.88 Å². The number of hydrogen-bond acceptors (Lipinski definition) is 4. The lowest BCUT2D eigenvalue weighted by molar-refractivity contribution is 0.971. The van der Waals surface area contributed by atoms with E-state index in [4.69, 9.17) is 17.3 Å². The maximum atomic E-state index is 11.4. The highest BCUT2D eigenvalue weighted by Crippen LogP contribution is 2.24. The Morgan fingerprint density at radius 3 is 3.07 bits per heavy atom. The predicted octanol–water partition coefficient (Wildman–Crippen LogP) is 0.911. The van der Waals surface area contributed by atoms with E-state index < -0.39 is 0 Å². The van der Waals surface area contributed by atoms with Crippen LogP contribution in [-0.4, -0.2) is 15.9 Å². The molecule has 2 aromatic heterocycles. The number of fused-ring (bicyclic) bond motifs is 1. The molecule has 0 aliphatic heterocycles. The van der Waals surface area contributed by atoms with Crippen LogP contribution in [0.2, 0.25) is 5.15 Å². The van der Waals surface area contributed by atoms with Gasteiger partial charge in [0.1, 0.15) is 5.15 Å². The third-order valence-corrected chi connectivity index (χ3v) is 3.45. The monoisotopic (exact) mass is 229 g/mol. The Labute approximate surface area is 89.0 Å². The van der Waals surface area contributed by atoms with E-state index in [1.807, 2.05) is 0 Å². The highest BCUT2D eigenvalue weighted by atomic mass is 35.5. The molecule has 0 radical (unpaired) electrons. The molecule has 0 aliphatic rings. The summed E-state index contributed by atoms with van der Waals surface area (Å²) in [5, 5.41) is 0.438. The molecule has 6 heteroatoms. The molecule has 4 nitrogen and oxygen atoms in total. The number of nitrogens with zero attached hydrogens (tertiary/aromatic N) is 2. The lowest BCUT2D eigenvalue weighted by atomic mass is 10.4. The van der Waals surface area contributed by atoms with Crippen LogP contribution in [0.5, 0.6) is 0 Å². The van der Waals surface area contributed by atoms with Crippen molar-refractivity contribution in [2.45, 2.75) is 6.42 Å². The molecule has 74 valence electrons. The maximum absolute atomic E-state index is 11.4. The Morgan fingerprint density at radius 1 is 1.64 bits per heavy atom. The number of thiazole rings is 1. The lowest BCUT2D eigenvalue weighted by Gasteiger charge is -1.93. The molecule has 0 amide bonds. The number of rotatable bonds is 2. The Kier molecular flexibility index (Phi) is 2.54. The smallest absolute Gasteiger partial charge is 0.259 e. The van der Waals surface area contributed by atoms with Crippen molar-refractivity contribution in [1.82, 2.24) is 9.38 Å². The van der Waals surface area contributed by atoms with Gasteiger partial charge < -0.3 is 5.73 Å². The van der Waals surface area contributed by atoms with E-state index in [0.29, 0.717) is 23.1 Å². The third kappa shape index (κ3) is 1.43. The van der Waals surface area contributed by atoms with Gasteiger partial charge in [0.25, 0.3) is 5.56 Å². The second kappa shape index (κ2) is 3.68. The number of nitrogens with two attached hydrogens (primary N) is 1.